The summed E-state index contributed by atoms with van der Waals surface area (Å²) in [5, 5.41) is 0. The molecule has 1 heterocycles. The summed E-state index contributed by atoms with van der Waals surface area (Å²) >= 11 is 0. The highest BCUT2D eigenvalue weighted by Crippen LogP contribution is 2.12. The molecule has 1 rings (SSSR count). The predicted octanol–water partition coefficient (Wildman–Crippen LogP) is 5.90. The number of carbonyl (C=O) groups is 1. The number of hydrogen-bond acceptors (Lipinski definition) is 1. The van der Waals surface area contributed by atoms with Crippen molar-refractivity contribution in [1.82, 2.24) is 4.98 Å². The molecule has 0 saturated heterocycles. The molecule has 114 valence electrons. The Kier molecular flexibility index (Phi) is 9.99. The molecule has 0 fully saturated rings. The number of Topliss-reactive ketones (excluding diaryl/α,β-unsaturated/α-hetero) is 1. The van der Waals surface area contributed by atoms with Crippen molar-refractivity contribution in [2.45, 2.75) is 84.0 Å². The Morgan fingerprint density at radius 3 is 1.95 bits per heavy atom. The van der Waals surface area contributed by atoms with Crippen LogP contribution in [0.5, 0.6) is 0 Å². The highest BCUT2D eigenvalue weighted by molar-refractivity contribution is 5.94. The summed E-state index contributed by atoms with van der Waals surface area (Å²) in [5.41, 5.74) is 0.761. The van der Waals surface area contributed by atoms with E-state index in [9.17, 15) is 4.79 Å². The van der Waals surface area contributed by atoms with Crippen LogP contribution in [-0.2, 0) is 0 Å². The van der Waals surface area contributed by atoms with E-state index in [-0.39, 0.29) is 5.78 Å². The lowest BCUT2D eigenvalue weighted by atomic mass is 10.0. The molecule has 0 unspecified atom stereocenters. The van der Waals surface area contributed by atoms with Gasteiger partial charge in [0.25, 0.3) is 0 Å². The molecular formula is C18H31NO. The molecule has 2 heteroatoms. The number of aromatic amines is 1. The molecule has 0 aromatic carbocycles. The molecule has 0 atom stereocenters. The molecule has 0 aliphatic heterocycles. The van der Waals surface area contributed by atoms with Crippen molar-refractivity contribution in [2.24, 2.45) is 0 Å². The summed E-state index contributed by atoms with van der Waals surface area (Å²) in [6, 6.07) is 3.74. The molecule has 0 spiro atoms. The molecule has 0 amide bonds. The van der Waals surface area contributed by atoms with E-state index in [4.69, 9.17) is 0 Å². The van der Waals surface area contributed by atoms with Gasteiger partial charge in [0.1, 0.15) is 0 Å². The first-order valence-corrected chi connectivity index (χ1v) is 8.51. The number of nitrogens with one attached hydrogen (secondary N) is 1. The average Bonchev–Trinajstić information content (AvgIpc) is 2.99. The number of H-pyrrole nitrogens is 1. The molecule has 0 bridgehead atoms. The van der Waals surface area contributed by atoms with Gasteiger partial charge in [-0.2, -0.15) is 0 Å². The minimum Gasteiger partial charge on any atom is -0.359 e. The fourth-order valence-electron chi connectivity index (χ4n) is 2.59. The third-order valence-electron chi connectivity index (χ3n) is 3.91. The Hall–Kier alpha value is -1.05. The van der Waals surface area contributed by atoms with Gasteiger partial charge < -0.3 is 4.98 Å². The molecule has 1 N–H and O–H groups in total. The monoisotopic (exact) mass is 277 g/mol. The summed E-state index contributed by atoms with van der Waals surface area (Å²) < 4.78 is 0. The Balaban J connectivity index is 1.82. The summed E-state index contributed by atoms with van der Waals surface area (Å²) in [7, 11) is 0. The second kappa shape index (κ2) is 11.7. The maximum Gasteiger partial charge on any atom is 0.178 e. The summed E-state index contributed by atoms with van der Waals surface area (Å²) in [4.78, 5) is 14.7. The largest absolute Gasteiger partial charge is 0.359 e. The molecule has 2 nitrogen and oxygen atoms in total. The Morgan fingerprint density at radius 2 is 1.45 bits per heavy atom. The number of rotatable bonds is 13. The number of ketones is 1. The van der Waals surface area contributed by atoms with E-state index in [2.05, 4.69) is 11.9 Å². The van der Waals surface area contributed by atoms with Crippen LogP contribution in [0.3, 0.4) is 0 Å². The van der Waals surface area contributed by atoms with E-state index < -0.39 is 0 Å². The molecular weight excluding hydrogens is 246 g/mol. The minimum atomic E-state index is 0.255. The van der Waals surface area contributed by atoms with Gasteiger partial charge in [-0.15, -0.1) is 0 Å². The maximum atomic E-state index is 11.7. The third-order valence-corrected chi connectivity index (χ3v) is 3.91. The molecule has 0 saturated carbocycles. The Bertz CT molecular complexity index is 329. The first-order valence-electron chi connectivity index (χ1n) is 8.51. The highest BCUT2D eigenvalue weighted by Gasteiger charge is 2.04. The highest BCUT2D eigenvalue weighted by atomic mass is 16.1. The van der Waals surface area contributed by atoms with Gasteiger partial charge in [0.05, 0.1) is 5.69 Å². The molecule has 1 aromatic rings. The average molecular weight is 277 g/mol. The van der Waals surface area contributed by atoms with Gasteiger partial charge in [-0.1, -0.05) is 71.1 Å². The van der Waals surface area contributed by atoms with Gasteiger partial charge in [0.15, 0.2) is 5.78 Å². The maximum absolute atomic E-state index is 11.7. The lowest BCUT2D eigenvalue weighted by Gasteiger charge is -2.02. The van der Waals surface area contributed by atoms with Gasteiger partial charge in [-0.3, -0.25) is 4.79 Å². The molecule has 20 heavy (non-hydrogen) atoms. The van der Waals surface area contributed by atoms with Crippen LogP contribution in [-0.4, -0.2) is 10.8 Å². The SMILES string of the molecule is CCCCCCCCCCCCCC(=O)c1ccc[nH]1. The first kappa shape index (κ1) is 17.0. The van der Waals surface area contributed by atoms with Crippen LogP contribution in [0, 0.1) is 0 Å². The lowest BCUT2D eigenvalue weighted by molar-refractivity contribution is 0.0975. The van der Waals surface area contributed by atoms with E-state index in [1.165, 1.54) is 64.2 Å². The predicted molar refractivity (Wildman–Crippen MR) is 86.2 cm³/mol. The van der Waals surface area contributed by atoms with Crippen LogP contribution >= 0.6 is 0 Å². The Morgan fingerprint density at radius 1 is 0.900 bits per heavy atom. The zero-order valence-electron chi connectivity index (χ0n) is 13.1. The zero-order chi connectivity index (χ0) is 14.5. The van der Waals surface area contributed by atoms with Crippen LogP contribution in [0.15, 0.2) is 18.3 Å². The fourth-order valence-corrected chi connectivity index (χ4v) is 2.59. The van der Waals surface area contributed by atoms with Crippen molar-refractivity contribution in [3.63, 3.8) is 0 Å². The van der Waals surface area contributed by atoms with E-state index in [0.717, 1.165) is 12.1 Å². The van der Waals surface area contributed by atoms with Crippen LogP contribution in [0.4, 0.5) is 0 Å². The van der Waals surface area contributed by atoms with Crippen LogP contribution in [0.2, 0.25) is 0 Å². The van der Waals surface area contributed by atoms with Crippen LogP contribution < -0.4 is 0 Å². The number of aromatic nitrogens is 1. The topological polar surface area (TPSA) is 32.9 Å². The smallest absolute Gasteiger partial charge is 0.178 e. The number of unbranched alkanes of at least 4 members (excludes halogenated alkanes) is 10. The molecule has 0 aliphatic carbocycles. The van der Waals surface area contributed by atoms with Crippen molar-refractivity contribution in [2.75, 3.05) is 0 Å². The van der Waals surface area contributed by atoms with E-state index in [0.29, 0.717) is 6.42 Å². The lowest BCUT2D eigenvalue weighted by Crippen LogP contribution is -1.98. The van der Waals surface area contributed by atoms with Gasteiger partial charge in [-0.25, -0.2) is 0 Å². The van der Waals surface area contributed by atoms with Crippen molar-refractivity contribution in [3.8, 4) is 0 Å². The molecule has 0 radical (unpaired) electrons. The normalized spacial score (nSPS) is 10.8. The van der Waals surface area contributed by atoms with E-state index in [1.54, 1.807) is 0 Å². The summed E-state index contributed by atoms with van der Waals surface area (Å²) in [6.07, 6.45) is 17.1. The van der Waals surface area contributed by atoms with Gasteiger partial charge in [0.2, 0.25) is 0 Å². The van der Waals surface area contributed by atoms with Crippen LogP contribution in [0.25, 0.3) is 0 Å². The molecule has 1 aromatic heterocycles. The minimum absolute atomic E-state index is 0.255. The second-order valence-electron chi connectivity index (χ2n) is 5.79. The van der Waals surface area contributed by atoms with Crippen molar-refractivity contribution < 1.29 is 4.79 Å². The Labute approximate surface area is 124 Å². The van der Waals surface area contributed by atoms with E-state index >= 15 is 0 Å². The number of hydrogen-bond donors (Lipinski definition) is 1. The summed E-state index contributed by atoms with van der Waals surface area (Å²) in [5.74, 6) is 0.255. The van der Waals surface area contributed by atoms with Crippen LogP contribution in [0.1, 0.15) is 94.5 Å². The van der Waals surface area contributed by atoms with Crippen molar-refractivity contribution in [3.05, 3.63) is 24.0 Å². The van der Waals surface area contributed by atoms with Gasteiger partial charge in [0, 0.05) is 12.6 Å². The van der Waals surface area contributed by atoms with Gasteiger partial charge in [-0.05, 0) is 18.6 Å². The van der Waals surface area contributed by atoms with Crippen molar-refractivity contribution in [1.29, 1.82) is 0 Å². The fraction of sp³-hybridized carbons (Fsp3) is 0.722. The first-order chi connectivity index (χ1) is 9.84. The number of carbonyl (C=O) groups excluding carboxylic acids is 1. The van der Waals surface area contributed by atoms with Gasteiger partial charge >= 0.3 is 0 Å². The standard InChI is InChI=1S/C18H31NO/c1-2-3-4-5-6-7-8-9-10-11-12-15-18(20)17-14-13-16-19-17/h13-14,16,19H,2-12,15H2,1H3. The molecule has 0 aliphatic rings. The third kappa shape index (κ3) is 8.19. The zero-order valence-corrected chi connectivity index (χ0v) is 13.1. The quantitative estimate of drug-likeness (QED) is 0.353. The summed E-state index contributed by atoms with van der Waals surface area (Å²) in [6.45, 7) is 2.26. The van der Waals surface area contributed by atoms with Crippen molar-refractivity contribution >= 4 is 5.78 Å². The second-order valence-corrected chi connectivity index (χ2v) is 5.79. The van der Waals surface area contributed by atoms with E-state index in [1.807, 2.05) is 18.3 Å².